The Morgan fingerprint density at radius 1 is 1.10 bits per heavy atom. The molecule has 0 amide bonds. The van der Waals surface area contributed by atoms with Gasteiger partial charge in [-0.3, -0.25) is 0 Å². The molecule has 0 saturated carbocycles. The highest BCUT2D eigenvalue weighted by Gasteiger charge is 2.09. The first-order valence-electron chi connectivity index (χ1n) is 7.25. The van der Waals surface area contributed by atoms with E-state index in [9.17, 15) is 5.11 Å². The zero-order valence-corrected chi connectivity index (χ0v) is 13.3. The highest BCUT2D eigenvalue weighted by Crippen LogP contribution is 2.17. The van der Waals surface area contributed by atoms with Crippen molar-refractivity contribution in [3.63, 3.8) is 0 Å². The van der Waals surface area contributed by atoms with E-state index in [4.69, 9.17) is 14.2 Å². The van der Waals surface area contributed by atoms with Crippen LogP contribution in [0.25, 0.3) is 0 Å². The summed E-state index contributed by atoms with van der Waals surface area (Å²) < 4.78 is 15.9. The van der Waals surface area contributed by atoms with Crippen LogP contribution >= 0.6 is 0 Å². The molecular weight excluding hydrogens is 270 g/mol. The number of hydrogen-bond donors (Lipinski definition) is 2. The molecular formula is C16H27NO4. The normalized spacial score (nSPS) is 15.5. The second-order valence-electron chi connectivity index (χ2n) is 5.14. The lowest BCUT2D eigenvalue weighted by Crippen LogP contribution is -2.27. The van der Waals surface area contributed by atoms with Crippen molar-refractivity contribution in [3.05, 3.63) is 29.8 Å². The highest BCUT2D eigenvalue weighted by atomic mass is 16.5. The van der Waals surface area contributed by atoms with Crippen LogP contribution in [0.15, 0.2) is 24.3 Å². The van der Waals surface area contributed by atoms with Crippen LogP contribution in [0.4, 0.5) is 0 Å². The average Bonchev–Trinajstić information content (AvgIpc) is 2.51. The van der Waals surface area contributed by atoms with Crippen LogP contribution in [0.3, 0.4) is 0 Å². The second kappa shape index (κ2) is 9.73. The van der Waals surface area contributed by atoms with Crippen molar-refractivity contribution in [3.8, 4) is 5.75 Å². The molecule has 3 unspecified atom stereocenters. The van der Waals surface area contributed by atoms with Gasteiger partial charge in [-0.25, -0.2) is 0 Å². The molecule has 5 nitrogen and oxygen atoms in total. The molecule has 0 fully saturated rings. The van der Waals surface area contributed by atoms with E-state index in [0.717, 1.165) is 5.75 Å². The highest BCUT2D eigenvalue weighted by molar-refractivity contribution is 5.28. The molecule has 120 valence electrons. The van der Waals surface area contributed by atoms with E-state index in [1.54, 1.807) is 7.11 Å². The Morgan fingerprint density at radius 3 is 2.33 bits per heavy atom. The molecule has 0 aliphatic heterocycles. The summed E-state index contributed by atoms with van der Waals surface area (Å²) in [5.74, 6) is 0.742. The van der Waals surface area contributed by atoms with Gasteiger partial charge in [-0.05, 0) is 38.6 Å². The lowest BCUT2D eigenvalue weighted by atomic mass is 10.1. The number of benzene rings is 1. The van der Waals surface area contributed by atoms with E-state index in [1.807, 2.05) is 38.2 Å². The van der Waals surface area contributed by atoms with Crippen LogP contribution in [0.2, 0.25) is 0 Å². The molecule has 1 rings (SSSR count). The molecule has 5 heteroatoms. The molecule has 0 spiro atoms. The average molecular weight is 297 g/mol. The van der Waals surface area contributed by atoms with Gasteiger partial charge < -0.3 is 24.6 Å². The Kier molecular flexibility index (Phi) is 8.30. The fourth-order valence-electron chi connectivity index (χ4n) is 1.82. The van der Waals surface area contributed by atoms with Crippen LogP contribution in [-0.2, 0) is 9.47 Å². The summed E-state index contributed by atoms with van der Waals surface area (Å²) in [6.45, 7) is 4.95. The first kappa shape index (κ1) is 17.9. The molecule has 1 aromatic rings. The standard InChI is InChI=1S/C16H27NO4/c1-12(9-19-4)20-10-15(18)11-21-16-7-5-14(6-8-16)13(2)17-3/h5-8,12-13,15,17-18H,9-11H2,1-4H3. The van der Waals surface area contributed by atoms with Crippen molar-refractivity contribution in [2.75, 3.05) is 34.0 Å². The summed E-state index contributed by atoms with van der Waals surface area (Å²) in [4.78, 5) is 0. The molecule has 21 heavy (non-hydrogen) atoms. The molecule has 1 aromatic carbocycles. The molecule has 2 N–H and O–H groups in total. The fraction of sp³-hybridized carbons (Fsp3) is 0.625. The minimum atomic E-state index is -0.653. The third-order valence-corrected chi connectivity index (χ3v) is 3.23. The number of aliphatic hydroxyl groups excluding tert-OH is 1. The maximum absolute atomic E-state index is 9.81. The zero-order chi connectivity index (χ0) is 15.7. The van der Waals surface area contributed by atoms with E-state index < -0.39 is 6.10 Å². The Bertz CT molecular complexity index is 382. The lowest BCUT2D eigenvalue weighted by molar-refractivity contribution is -0.0423. The predicted molar refractivity (Wildman–Crippen MR) is 82.7 cm³/mol. The van der Waals surface area contributed by atoms with Crippen molar-refractivity contribution in [1.29, 1.82) is 0 Å². The summed E-state index contributed by atoms with van der Waals surface area (Å²) in [5, 5.41) is 13.0. The van der Waals surface area contributed by atoms with E-state index in [2.05, 4.69) is 12.2 Å². The van der Waals surface area contributed by atoms with Gasteiger partial charge in [-0.15, -0.1) is 0 Å². The predicted octanol–water partition coefficient (Wildman–Crippen LogP) is 1.76. The lowest BCUT2D eigenvalue weighted by Gasteiger charge is -2.17. The minimum Gasteiger partial charge on any atom is -0.491 e. The number of rotatable bonds is 10. The van der Waals surface area contributed by atoms with Crippen molar-refractivity contribution in [2.45, 2.75) is 32.1 Å². The molecule has 0 aromatic heterocycles. The van der Waals surface area contributed by atoms with Crippen LogP contribution in [0.5, 0.6) is 5.75 Å². The van der Waals surface area contributed by atoms with Crippen molar-refractivity contribution < 1.29 is 19.3 Å². The van der Waals surface area contributed by atoms with Gasteiger partial charge in [0.2, 0.25) is 0 Å². The maximum atomic E-state index is 9.81. The molecule has 0 aliphatic rings. The monoisotopic (exact) mass is 297 g/mol. The van der Waals surface area contributed by atoms with Crippen molar-refractivity contribution in [1.82, 2.24) is 5.32 Å². The van der Waals surface area contributed by atoms with E-state index >= 15 is 0 Å². The van der Waals surface area contributed by atoms with E-state index in [0.29, 0.717) is 12.6 Å². The minimum absolute atomic E-state index is 0.0352. The summed E-state index contributed by atoms with van der Waals surface area (Å²) in [6.07, 6.45) is -0.688. The van der Waals surface area contributed by atoms with E-state index in [1.165, 1.54) is 5.56 Å². The van der Waals surface area contributed by atoms with Crippen LogP contribution in [0, 0.1) is 0 Å². The Hall–Kier alpha value is -1.14. The SMILES string of the molecule is CNC(C)c1ccc(OCC(O)COC(C)COC)cc1. The zero-order valence-electron chi connectivity index (χ0n) is 13.3. The molecule has 0 heterocycles. The fourth-order valence-corrected chi connectivity index (χ4v) is 1.82. The second-order valence-corrected chi connectivity index (χ2v) is 5.14. The van der Waals surface area contributed by atoms with Gasteiger partial charge in [-0.2, -0.15) is 0 Å². The van der Waals surface area contributed by atoms with Crippen LogP contribution in [-0.4, -0.2) is 51.3 Å². The van der Waals surface area contributed by atoms with Gasteiger partial charge in [0.05, 0.1) is 19.3 Å². The summed E-state index contributed by atoms with van der Waals surface area (Å²) in [7, 11) is 3.55. The first-order valence-corrected chi connectivity index (χ1v) is 7.25. The largest absolute Gasteiger partial charge is 0.491 e. The van der Waals surface area contributed by atoms with Gasteiger partial charge in [0.15, 0.2) is 0 Å². The quantitative estimate of drug-likeness (QED) is 0.689. The smallest absolute Gasteiger partial charge is 0.119 e. The van der Waals surface area contributed by atoms with Gasteiger partial charge in [0, 0.05) is 13.2 Å². The van der Waals surface area contributed by atoms with Gasteiger partial charge in [0.25, 0.3) is 0 Å². The van der Waals surface area contributed by atoms with Gasteiger partial charge in [-0.1, -0.05) is 12.1 Å². The Morgan fingerprint density at radius 2 is 1.76 bits per heavy atom. The number of hydrogen-bond acceptors (Lipinski definition) is 5. The molecule has 0 saturated heterocycles. The van der Waals surface area contributed by atoms with Gasteiger partial charge in [0.1, 0.15) is 18.5 Å². The van der Waals surface area contributed by atoms with Crippen LogP contribution in [0.1, 0.15) is 25.5 Å². The molecule has 0 bridgehead atoms. The van der Waals surface area contributed by atoms with Crippen molar-refractivity contribution in [2.24, 2.45) is 0 Å². The molecule has 0 aliphatic carbocycles. The maximum Gasteiger partial charge on any atom is 0.119 e. The number of methoxy groups -OCH3 is 1. The summed E-state index contributed by atoms with van der Waals surface area (Å²) in [6, 6.07) is 8.15. The van der Waals surface area contributed by atoms with Crippen molar-refractivity contribution >= 4 is 0 Å². The van der Waals surface area contributed by atoms with Gasteiger partial charge >= 0.3 is 0 Å². The number of nitrogens with one attached hydrogen (secondary N) is 1. The Balaban J connectivity index is 2.31. The molecule has 3 atom stereocenters. The Labute approximate surface area is 127 Å². The topological polar surface area (TPSA) is 60.0 Å². The first-order chi connectivity index (χ1) is 10.1. The van der Waals surface area contributed by atoms with Crippen LogP contribution < -0.4 is 10.1 Å². The van der Waals surface area contributed by atoms with E-state index in [-0.39, 0.29) is 19.3 Å². The number of ether oxygens (including phenoxy) is 3. The third-order valence-electron chi connectivity index (χ3n) is 3.23. The molecule has 0 radical (unpaired) electrons. The number of aliphatic hydroxyl groups is 1. The summed E-state index contributed by atoms with van der Waals surface area (Å²) >= 11 is 0. The third kappa shape index (κ3) is 6.91. The summed E-state index contributed by atoms with van der Waals surface area (Å²) in [5.41, 5.74) is 1.20.